The van der Waals surface area contributed by atoms with E-state index in [0.717, 1.165) is 42.5 Å². The Morgan fingerprint density at radius 1 is 1.20 bits per heavy atom. The van der Waals surface area contributed by atoms with Crippen LogP contribution in [0.3, 0.4) is 0 Å². The van der Waals surface area contributed by atoms with Gasteiger partial charge in [0.15, 0.2) is 11.8 Å². The highest BCUT2D eigenvalue weighted by Gasteiger charge is 2.27. The van der Waals surface area contributed by atoms with Crippen LogP contribution in [-0.2, 0) is 11.3 Å². The van der Waals surface area contributed by atoms with E-state index in [0.29, 0.717) is 16.9 Å². The number of likely N-dealkylation sites (tertiary alicyclic amines) is 1. The molecule has 2 aliphatic rings. The molecule has 41 heavy (non-hydrogen) atoms. The molecule has 3 aromatic rings. The van der Waals surface area contributed by atoms with Gasteiger partial charge in [-0.3, -0.25) is 9.55 Å². The number of amides is 1. The lowest BCUT2D eigenvalue weighted by Gasteiger charge is -2.28. The summed E-state index contributed by atoms with van der Waals surface area (Å²) in [5.41, 5.74) is 1.98. The average Bonchev–Trinajstić information content (AvgIpc) is 3.58. The van der Waals surface area contributed by atoms with E-state index in [1.165, 1.54) is 25.3 Å². The van der Waals surface area contributed by atoms with Gasteiger partial charge in [0, 0.05) is 23.6 Å². The first-order chi connectivity index (χ1) is 20.0. The van der Waals surface area contributed by atoms with Gasteiger partial charge in [-0.05, 0) is 76.0 Å². The monoisotopic (exact) mass is 577 g/mol. The summed E-state index contributed by atoms with van der Waals surface area (Å²) in [5.74, 6) is 5.98. The molecule has 5 rings (SSSR count). The SMILES string of the molecule is CC1CCCC1Sc1ncc(COc2ccc(C#CCOC(=O)NC3CCN(C)CC3)c(F)c2)n1-c1cccnc1. The van der Waals surface area contributed by atoms with E-state index in [9.17, 15) is 9.18 Å². The van der Waals surface area contributed by atoms with Crippen LogP contribution in [0.1, 0.15) is 50.3 Å². The molecule has 1 saturated heterocycles. The summed E-state index contributed by atoms with van der Waals surface area (Å²) < 4.78 is 28.0. The smallest absolute Gasteiger partial charge is 0.408 e. The Morgan fingerprint density at radius 2 is 2.05 bits per heavy atom. The minimum absolute atomic E-state index is 0.112. The first-order valence-electron chi connectivity index (χ1n) is 14.1. The van der Waals surface area contributed by atoms with Gasteiger partial charge in [-0.15, -0.1) is 0 Å². The first-order valence-corrected chi connectivity index (χ1v) is 15.0. The number of carbonyl (C=O) groups is 1. The van der Waals surface area contributed by atoms with E-state index in [2.05, 4.69) is 45.6 Å². The Labute approximate surface area is 245 Å². The fourth-order valence-electron chi connectivity index (χ4n) is 5.18. The zero-order valence-corrected chi connectivity index (χ0v) is 24.3. The number of pyridine rings is 1. The fraction of sp³-hybridized carbons (Fsp3) is 0.452. The van der Waals surface area contributed by atoms with Crippen molar-refractivity contribution < 1.29 is 18.7 Å². The predicted molar refractivity (Wildman–Crippen MR) is 157 cm³/mol. The van der Waals surface area contributed by atoms with Crippen molar-refractivity contribution in [3.63, 3.8) is 0 Å². The molecule has 8 nitrogen and oxygen atoms in total. The number of nitrogens with one attached hydrogen (secondary N) is 1. The number of hydrogen-bond acceptors (Lipinski definition) is 7. The number of thioether (sulfide) groups is 1. The lowest BCUT2D eigenvalue weighted by Crippen LogP contribution is -2.43. The molecule has 216 valence electrons. The highest BCUT2D eigenvalue weighted by atomic mass is 32.2. The molecule has 1 N–H and O–H groups in total. The molecule has 10 heteroatoms. The van der Waals surface area contributed by atoms with Gasteiger partial charge in [0.05, 0.1) is 29.3 Å². The first kappa shape index (κ1) is 29.0. The lowest BCUT2D eigenvalue weighted by molar-refractivity contribution is 0.147. The number of nitrogens with zero attached hydrogens (tertiary/aromatic N) is 4. The summed E-state index contributed by atoms with van der Waals surface area (Å²) in [6.45, 7) is 4.28. The molecule has 2 atom stereocenters. The predicted octanol–water partition coefficient (Wildman–Crippen LogP) is 5.44. The molecular formula is C31H36FN5O3S. The molecule has 2 fully saturated rings. The van der Waals surface area contributed by atoms with Crippen molar-refractivity contribution in [2.45, 2.75) is 62.1 Å². The Kier molecular flexibility index (Phi) is 9.80. The number of imidazole rings is 1. The molecule has 1 amide bonds. The Balaban J connectivity index is 1.17. The molecule has 1 aliphatic heterocycles. The summed E-state index contributed by atoms with van der Waals surface area (Å²) in [6.07, 6.45) is 10.3. The van der Waals surface area contributed by atoms with Crippen LogP contribution in [0, 0.1) is 23.6 Å². The number of piperidine rings is 1. The molecule has 0 spiro atoms. The number of ether oxygens (including phenoxy) is 2. The second kappa shape index (κ2) is 13.9. The maximum Gasteiger partial charge on any atom is 0.408 e. The molecule has 2 aromatic heterocycles. The number of rotatable bonds is 8. The molecule has 0 bridgehead atoms. The molecular weight excluding hydrogens is 541 g/mol. The van der Waals surface area contributed by atoms with Crippen molar-refractivity contribution in [2.24, 2.45) is 5.92 Å². The van der Waals surface area contributed by atoms with Crippen molar-refractivity contribution >= 4 is 17.9 Å². The summed E-state index contributed by atoms with van der Waals surface area (Å²) in [6, 6.07) is 8.57. The maximum atomic E-state index is 14.8. The van der Waals surface area contributed by atoms with Crippen LogP contribution in [0.15, 0.2) is 54.1 Å². The van der Waals surface area contributed by atoms with Crippen LogP contribution < -0.4 is 10.1 Å². The van der Waals surface area contributed by atoms with E-state index in [-0.39, 0.29) is 24.8 Å². The van der Waals surface area contributed by atoms with E-state index in [4.69, 9.17) is 14.5 Å². The summed E-state index contributed by atoms with van der Waals surface area (Å²) in [5, 5.41) is 4.31. The summed E-state index contributed by atoms with van der Waals surface area (Å²) >= 11 is 1.80. The molecule has 3 heterocycles. The highest BCUT2D eigenvalue weighted by molar-refractivity contribution is 7.99. The molecule has 1 aromatic carbocycles. The average molecular weight is 578 g/mol. The Morgan fingerprint density at radius 3 is 2.78 bits per heavy atom. The lowest BCUT2D eigenvalue weighted by atomic mass is 10.1. The zero-order chi connectivity index (χ0) is 28.6. The van der Waals surface area contributed by atoms with Gasteiger partial charge in [-0.25, -0.2) is 14.2 Å². The van der Waals surface area contributed by atoms with Gasteiger partial charge in [-0.1, -0.05) is 36.9 Å². The van der Waals surface area contributed by atoms with Crippen LogP contribution in [0.4, 0.5) is 9.18 Å². The minimum Gasteiger partial charge on any atom is -0.487 e. The van der Waals surface area contributed by atoms with Crippen molar-refractivity contribution in [3.05, 3.63) is 66.0 Å². The summed E-state index contributed by atoms with van der Waals surface area (Å²) in [7, 11) is 2.06. The van der Waals surface area contributed by atoms with Crippen molar-refractivity contribution in [2.75, 3.05) is 26.7 Å². The quantitative estimate of drug-likeness (QED) is 0.357. The number of alkyl carbamates (subject to hydrolysis) is 1. The van der Waals surface area contributed by atoms with Crippen LogP contribution in [-0.4, -0.2) is 63.6 Å². The van der Waals surface area contributed by atoms with Gasteiger partial charge in [0.1, 0.15) is 18.2 Å². The Hall–Kier alpha value is -3.55. The van der Waals surface area contributed by atoms with E-state index < -0.39 is 11.9 Å². The number of carbonyl (C=O) groups excluding carboxylic acids is 1. The van der Waals surface area contributed by atoms with Gasteiger partial charge >= 0.3 is 6.09 Å². The van der Waals surface area contributed by atoms with Gasteiger partial charge in [-0.2, -0.15) is 0 Å². The van der Waals surface area contributed by atoms with Crippen LogP contribution >= 0.6 is 11.8 Å². The molecule has 1 saturated carbocycles. The fourth-order valence-corrected chi connectivity index (χ4v) is 6.54. The van der Waals surface area contributed by atoms with Crippen LogP contribution in [0.5, 0.6) is 5.75 Å². The summed E-state index contributed by atoms with van der Waals surface area (Å²) in [4.78, 5) is 23.2. The van der Waals surface area contributed by atoms with Crippen molar-refractivity contribution in [1.82, 2.24) is 24.8 Å². The zero-order valence-electron chi connectivity index (χ0n) is 23.5. The third-order valence-electron chi connectivity index (χ3n) is 7.61. The topological polar surface area (TPSA) is 81.5 Å². The third kappa shape index (κ3) is 7.80. The maximum absolute atomic E-state index is 14.8. The highest BCUT2D eigenvalue weighted by Crippen LogP contribution is 2.39. The van der Waals surface area contributed by atoms with E-state index in [1.54, 1.807) is 30.1 Å². The molecule has 2 unspecified atom stereocenters. The van der Waals surface area contributed by atoms with E-state index >= 15 is 0 Å². The van der Waals surface area contributed by atoms with Gasteiger partial charge in [0.25, 0.3) is 0 Å². The second-order valence-corrected chi connectivity index (χ2v) is 11.9. The van der Waals surface area contributed by atoms with Gasteiger partial charge in [0.2, 0.25) is 0 Å². The number of aromatic nitrogens is 3. The van der Waals surface area contributed by atoms with Crippen LogP contribution in [0.2, 0.25) is 0 Å². The van der Waals surface area contributed by atoms with E-state index in [1.807, 2.05) is 24.5 Å². The number of hydrogen-bond donors (Lipinski definition) is 1. The molecule has 0 radical (unpaired) electrons. The number of benzene rings is 1. The minimum atomic E-state index is -0.502. The number of halogens is 1. The normalized spacial score (nSPS) is 19.4. The standard InChI is InChI=1S/C31H36FN5O3S/c1-22-6-3-9-29(22)41-30-34-20-26(37(30)25-8-4-14-33-19-25)21-40-27-11-10-23(28(32)18-27)7-5-17-39-31(38)35-24-12-15-36(2)16-13-24/h4,8,10-11,14,18-20,22,24,29H,3,6,9,12-13,15-17,21H2,1-2H3,(H,35,38). The Bertz CT molecular complexity index is 1380. The van der Waals surface area contributed by atoms with Crippen LogP contribution in [0.25, 0.3) is 5.69 Å². The van der Waals surface area contributed by atoms with Crippen molar-refractivity contribution in [1.29, 1.82) is 0 Å². The van der Waals surface area contributed by atoms with Crippen molar-refractivity contribution in [3.8, 4) is 23.3 Å². The van der Waals surface area contributed by atoms with Gasteiger partial charge < -0.3 is 19.7 Å². The molecule has 1 aliphatic carbocycles. The third-order valence-corrected chi connectivity index (χ3v) is 9.11. The second-order valence-electron chi connectivity index (χ2n) is 10.7. The largest absolute Gasteiger partial charge is 0.487 e.